The molecule has 6 heteroatoms. The minimum absolute atomic E-state index is 0.0230. The number of anilines is 1. The summed E-state index contributed by atoms with van der Waals surface area (Å²) >= 11 is 0. The summed E-state index contributed by atoms with van der Waals surface area (Å²) in [5.74, 6) is 0.926. The molecular formula is C13H18N2O4. The molecule has 1 fully saturated rings. The van der Waals surface area contributed by atoms with Gasteiger partial charge in [0.05, 0.1) is 24.2 Å². The maximum atomic E-state index is 10.9. The number of nitrogens with zero attached hydrogens (tertiary/aromatic N) is 2. The van der Waals surface area contributed by atoms with Gasteiger partial charge in [0.1, 0.15) is 5.75 Å². The van der Waals surface area contributed by atoms with Crippen LogP contribution in [0.1, 0.15) is 12.8 Å². The Labute approximate surface area is 111 Å². The van der Waals surface area contributed by atoms with E-state index >= 15 is 0 Å². The number of rotatable bonds is 5. The van der Waals surface area contributed by atoms with E-state index in [0.717, 1.165) is 25.1 Å². The Kier molecular flexibility index (Phi) is 3.90. The first-order valence-electron chi connectivity index (χ1n) is 6.22. The molecule has 0 amide bonds. The van der Waals surface area contributed by atoms with E-state index in [1.807, 2.05) is 11.9 Å². The van der Waals surface area contributed by atoms with E-state index < -0.39 is 4.92 Å². The van der Waals surface area contributed by atoms with Crippen molar-refractivity contribution >= 4 is 11.4 Å². The van der Waals surface area contributed by atoms with E-state index in [1.54, 1.807) is 6.07 Å². The molecule has 0 saturated heterocycles. The van der Waals surface area contributed by atoms with Gasteiger partial charge < -0.3 is 14.7 Å². The van der Waals surface area contributed by atoms with E-state index in [9.17, 15) is 15.2 Å². The predicted molar refractivity (Wildman–Crippen MR) is 71.6 cm³/mol. The van der Waals surface area contributed by atoms with Crippen LogP contribution in [0.5, 0.6) is 5.75 Å². The Hall–Kier alpha value is -1.82. The number of nitro groups is 1. The highest BCUT2D eigenvalue weighted by Gasteiger charge is 2.28. The van der Waals surface area contributed by atoms with Crippen LogP contribution in [0.25, 0.3) is 0 Å². The summed E-state index contributed by atoms with van der Waals surface area (Å²) in [6.45, 7) is 0.779. The van der Waals surface area contributed by atoms with Gasteiger partial charge in [0.2, 0.25) is 0 Å². The number of ether oxygens (including phenoxy) is 1. The Morgan fingerprint density at radius 2 is 2.16 bits per heavy atom. The molecule has 104 valence electrons. The summed E-state index contributed by atoms with van der Waals surface area (Å²) in [4.78, 5) is 12.4. The number of methoxy groups -OCH3 is 1. The smallest absolute Gasteiger partial charge is 0.275 e. The third kappa shape index (κ3) is 3.14. The standard InChI is InChI=1S/C13H18N2O4/c1-14(8-9-3-12(16)4-9)10-5-11(15(17)18)7-13(6-10)19-2/h5-7,9,12,16H,3-4,8H2,1-2H3. The van der Waals surface area contributed by atoms with Gasteiger partial charge in [-0.05, 0) is 18.8 Å². The van der Waals surface area contributed by atoms with Gasteiger partial charge in [-0.1, -0.05) is 0 Å². The minimum Gasteiger partial charge on any atom is -0.496 e. The molecule has 0 spiro atoms. The number of aliphatic hydroxyl groups is 1. The van der Waals surface area contributed by atoms with Crippen LogP contribution in [0.2, 0.25) is 0 Å². The molecule has 0 atom stereocenters. The monoisotopic (exact) mass is 266 g/mol. The first-order valence-corrected chi connectivity index (χ1v) is 6.22. The molecule has 0 bridgehead atoms. The zero-order chi connectivity index (χ0) is 14.0. The van der Waals surface area contributed by atoms with Crippen molar-refractivity contribution in [3.05, 3.63) is 28.3 Å². The number of hydrogen-bond donors (Lipinski definition) is 1. The van der Waals surface area contributed by atoms with Crippen molar-refractivity contribution < 1.29 is 14.8 Å². The third-order valence-corrected chi connectivity index (χ3v) is 3.51. The Balaban J connectivity index is 2.13. The second-order valence-corrected chi connectivity index (χ2v) is 5.02. The van der Waals surface area contributed by atoms with Crippen LogP contribution >= 0.6 is 0 Å². The maximum Gasteiger partial charge on any atom is 0.275 e. The summed E-state index contributed by atoms with van der Waals surface area (Å²) in [5, 5.41) is 20.1. The van der Waals surface area contributed by atoms with E-state index in [0.29, 0.717) is 11.7 Å². The number of nitro benzene ring substituents is 1. The molecular weight excluding hydrogens is 248 g/mol. The SMILES string of the molecule is COc1cc(N(C)CC2CC(O)C2)cc([N+](=O)[O-])c1. The molecule has 1 saturated carbocycles. The molecule has 0 unspecified atom stereocenters. The number of benzene rings is 1. The molecule has 2 rings (SSSR count). The average molecular weight is 266 g/mol. The molecule has 1 aliphatic rings. The highest BCUT2D eigenvalue weighted by atomic mass is 16.6. The molecule has 1 aliphatic carbocycles. The Morgan fingerprint density at radius 3 is 2.68 bits per heavy atom. The zero-order valence-corrected chi connectivity index (χ0v) is 11.1. The topological polar surface area (TPSA) is 75.8 Å². The highest BCUT2D eigenvalue weighted by molar-refractivity contribution is 5.57. The van der Waals surface area contributed by atoms with Gasteiger partial charge in [-0.2, -0.15) is 0 Å². The predicted octanol–water partition coefficient (Wildman–Crippen LogP) is 1.81. The first-order chi connectivity index (χ1) is 8.99. The second kappa shape index (κ2) is 5.44. The normalized spacial score (nSPS) is 21.6. The van der Waals surface area contributed by atoms with Crippen molar-refractivity contribution in [2.24, 2.45) is 5.92 Å². The molecule has 0 aromatic heterocycles. The van der Waals surface area contributed by atoms with E-state index in [1.165, 1.54) is 19.2 Å². The van der Waals surface area contributed by atoms with E-state index in [-0.39, 0.29) is 11.8 Å². The molecule has 1 aromatic carbocycles. The van der Waals surface area contributed by atoms with Crippen LogP contribution in [-0.4, -0.2) is 36.8 Å². The van der Waals surface area contributed by atoms with Gasteiger partial charge >= 0.3 is 0 Å². The molecule has 0 heterocycles. The second-order valence-electron chi connectivity index (χ2n) is 5.02. The summed E-state index contributed by atoms with van der Waals surface area (Å²) in [7, 11) is 3.38. The Morgan fingerprint density at radius 1 is 1.47 bits per heavy atom. The minimum atomic E-state index is -0.424. The van der Waals surface area contributed by atoms with Crippen molar-refractivity contribution in [1.29, 1.82) is 0 Å². The van der Waals surface area contributed by atoms with Gasteiger partial charge in [-0.15, -0.1) is 0 Å². The lowest BCUT2D eigenvalue weighted by atomic mass is 9.82. The zero-order valence-electron chi connectivity index (χ0n) is 11.1. The number of hydrogen-bond acceptors (Lipinski definition) is 5. The van der Waals surface area contributed by atoms with Crippen LogP contribution in [0, 0.1) is 16.0 Å². The van der Waals surface area contributed by atoms with Crippen molar-refractivity contribution in [3.8, 4) is 5.75 Å². The van der Waals surface area contributed by atoms with Crippen LogP contribution < -0.4 is 9.64 Å². The summed E-state index contributed by atoms with van der Waals surface area (Å²) in [5.41, 5.74) is 0.780. The molecule has 19 heavy (non-hydrogen) atoms. The van der Waals surface area contributed by atoms with Gasteiger partial charge in [0, 0.05) is 31.4 Å². The first kappa shape index (κ1) is 13.6. The maximum absolute atomic E-state index is 10.9. The van der Waals surface area contributed by atoms with Gasteiger partial charge in [0.15, 0.2) is 0 Å². The Bertz CT molecular complexity index is 472. The fourth-order valence-corrected chi connectivity index (χ4v) is 2.35. The third-order valence-electron chi connectivity index (χ3n) is 3.51. The lowest BCUT2D eigenvalue weighted by Crippen LogP contribution is -2.37. The van der Waals surface area contributed by atoms with Gasteiger partial charge in [-0.3, -0.25) is 10.1 Å². The summed E-state index contributed by atoms with van der Waals surface area (Å²) in [6.07, 6.45) is 1.42. The quantitative estimate of drug-likeness (QED) is 0.649. The van der Waals surface area contributed by atoms with Crippen molar-refractivity contribution in [1.82, 2.24) is 0 Å². The van der Waals surface area contributed by atoms with Gasteiger partial charge in [0.25, 0.3) is 5.69 Å². The van der Waals surface area contributed by atoms with Crippen LogP contribution in [0.3, 0.4) is 0 Å². The lowest BCUT2D eigenvalue weighted by molar-refractivity contribution is -0.384. The van der Waals surface area contributed by atoms with Crippen molar-refractivity contribution in [2.45, 2.75) is 18.9 Å². The molecule has 0 radical (unpaired) electrons. The van der Waals surface area contributed by atoms with Crippen molar-refractivity contribution in [2.75, 3.05) is 25.6 Å². The van der Waals surface area contributed by atoms with Crippen LogP contribution in [0.15, 0.2) is 18.2 Å². The molecule has 0 aliphatic heterocycles. The number of aliphatic hydroxyl groups excluding tert-OH is 1. The highest BCUT2D eigenvalue weighted by Crippen LogP contribution is 2.32. The summed E-state index contributed by atoms with van der Waals surface area (Å²) < 4.78 is 5.09. The molecule has 6 nitrogen and oxygen atoms in total. The average Bonchev–Trinajstić information content (AvgIpc) is 2.36. The molecule has 1 aromatic rings. The van der Waals surface area contributed by atoms with E-state index in [4.69, 9.17) is 4.74 Å². The largest absolute Gasteiger partial charge is 0.496 e. The fourth-order valence-electron chi connectivity index (χ4n) is 2.35. The number of non-ortho nitro benzene ring substituents is 1. The molecule has 1 N–H and O–H groups in total. The van der Waals surface area contributed by atoms with Crippen LogP contribution in [0.4, 0.5) is 11.4 Å². The summed E-state index contributed by atoms with van der Waals surface area (Å²) in [6, 6.07) is 4.73. The van der Waals surface area contributed by atoms with Crippen LogP contribution in [-0.2, 0) is 0 Å². The van der Waals surface area contributed by atoms with Crippen molar-refractivity contribution in [3.63, 3.8) is 0 Å². The van der Waals surface area contributed by atoms with E-state index in [2.05, 4.69) is 0 Å². The fraction of sp³-hybridized carbons (Fsp3) is 0.538. The lowest BCUT2D eigenvalue weighted by Gasteiger charge is -2.35. The van der Waals surface area contributed by atoms with Gasteiger partial charge in [-0.25, -0.2) is 0 Å².